The maximum atomic E-state index is 11.1. The van der Waals surface area contributed by atoms with Gasteiger partial charge in [-0.25, -0.2) is 4.79 Å². The van der Waals surface area contributed by atoms with Gasteiger partial charge in [-0.05, 0) is 37.6 Å². The molecule has 0 unspecified atom stereocenters. The minimum atomic E-state index is -1.04. The number of rotatable bonds is 2. The highest BCUT2D eigenvalue weighted by Crippen LogP contribution is 2.44. The van der Waals surface area contributed by atoms with Crippen LogP contribution in [0.4, 0.5) is 0 Å². The molecule has 1 aliphatic heterocycles. The maximum absolute atomic E-state index is 11.1. The van der Waals surface area contributed by atoms with E-state index in [1.54, 1.807) is 17.8 Å². The van der Waals surface area contributed by atoms with E-state index >= 15 is 0 Å². The van der Waals surface area contributed by atoms with Crippen molar-refractivity contribution in [2.75, 3.05) is 0 Å². The number of hydrogen-bond acceptors (Lipinski definition) is 3. The number of carboxylic acids is 1. The lowest BCUT2D eigenvalue weighted by molar-refractivity contribution is 0.0689. The average molecular weight is 351 g/mol. The molecule has 0 spiro atoms. The van der Waals surface area contributed by atoms with Crippen molar-refractivity contribution in [2.24, 2.45) is 7.05 Å². The summed E-state index contributed by atoms with van der Waals surface area (Å²) in [5.41, 5.74) is 2.46. The molecule has 6 heteroatoms. The van der Waals surface area contributed by atoms with E-state index in [9.17, 15) is 4.79 Å². The number of carbonyl (C=O) groups is 1. The lowest BCUT2D eigenvalue weighted by atomic mass is 9.99. The minimum absolute atomic E-state index is 0.0264. The van der Waals surface area contributed by atoms with Crippen molar-refractivity contribution < 1.29 is 14.6 Å². The molecule has 2 heterocycles. The number of fused-ring (bicyclic) bond motifs is 1. The Balaban J connectivity index is 2.19. The smallest absolute Gasteiger partial charge is 0.356 e. The third-order valence-corrected chi connectivity index (χ3v) is 3.96. The van der Waals surface area contributed by atoms with Crippen LogP contribution in [0.5, 0.6) is 5.75 Å². The number of carboxylic acid groups (broad SMARTS) is 1. The summed E-state index contributed by atoms with van der Waals surface area (Å²) in [5, 5.41) is 13.1. The molecule has 1 aliphatic rings. The van der Waals surface area contributed by atoms with E-state index in [4.69, 9.17) is 9.84 Å². The van der Waals surface area contributed by atoms with Crippen LogP contribution in [-0.4, -0.2) is 26.5 Å². The third-order valence-electron chi connectivity index (χ3n) is 3.50. The van der Waals surface area contributed by atoms with Gasteiger partial charge >= 0.3 is 5.97 Å². The second kappa shape index (κ2) is 4.59. The van der Waals surface area contributed by atoms with Gasteiger partial charge in [0.25, 0.3) is 0 Å². The minimum Gasteiger partial charge on any atom is -0.487 e. The monoisotopic (exact) mass is 350 g/mol. The van der Waals surface area contributed by atoms with E-state index in [1.807, 2.05) is 26.0 Å². The van der Waals surface area contributed by atoms with E-state index in [0.29, 0.717) is 0 Å². The fraction of sp³-hybridized carbons (Fsp3) is 0.333. The van der Waals surface area contributed by atoms with Crippen LogP contribution in [0.15, 0.2) is 22.7 Å². The highest BCUT2D eigenvalue weighted by molar-refractivity contribution is 9.10. The molecular weight excluding hydrogens is 336 g/mol. The van der Waals surface area contributed by atoms with Crippen LogP contribution in [0.3, 0.4) is 0 Å². The van der Waals surface area contributed by atoms with E-state index in [2.05, 4.69) is 21.0 Å². The van der Waals surface area contributed by atoms with Crippen molar-refractivity contribution in [2.45, 2.75) is 25.9 Å². The molecule has 0 atom stereocenters. The van der Waals surface area contributed by atoms with Crippen LogP contribution >= 0.6 is 15.9 Å². The highest BCUT2D eigenvalue weighted by atomic mass is 79.9. The molecular formula is C15H15BrN2O3. The number of ether oxygens (including phenoxy) is 1. The third kappa shape index (κ3) is 2.44. The fourth-order valence-electron chi connectivity index (χ4n) is 2.69. The molecule has 110 valence electrons. The predicted molar refractivity (Wildman–Crippen MR) is 81.7 cm³/mol. The van der Waals surface area contributed by atoms with Crippen LogP contribution < -0.4 is 4.74 Å². The van der Waals surface area contributed by atoms with E-state index in [1.165, 1.54) is 0 Å². The second-order valence-electron chi connectivity index (χ2n) is 5.82. The average Bonchev–Trinajstić information content (AvgIpc) is 2.87. The van der Waals surface area contributed by atoms with E-state index in [0.717, 1.165) is 33.5 Å². The van der Waals surface area contributed by atoms with Gasteiger partial charge in [0.1, 0.15) is 11.4 Å². The molecule has 5 nitrogen and oxygen atoms in total. The summed E-state index contributed by atoms with van der Waals surface area (Å²) in [5.74, 6) is -0.229. The van der Waals surface area contributed by atoms with Gasteiger partial charge in [-0.3, -0.25) is 4.68 Å². The summed E-state index contributed by atoms with van der Waals surface area (Å²) in [7, 11) is 1.73. The Kier molecular flexibility index (Phi) is 3.09. The van der Waals surface area contributed by atoms with Crippen molar-refractivity contribution in [3.05, 3.63) is 33.9 Å². The van der Waals surface area contributed by atoms with Crippen LogP contribution in [0.1, 0.15) is 29.9 Å². The SMILES string of the molecule is Cn1nc(C(=O)O)cc1-c1cc(Br)cc2c1OC(C)(C)C2. The number of hydrogen-bond donors (Lipinski definition) is 1. The highest BCUT2D eigenvalue weighted by Gasteiger charge is 2.33. The first-order valence-corrected chi connectivity index (χ1v) is 7.35. The van der Waals surface area contributed by atoms with Gasteiger partial charge < -0.3 is 9.84 Å². The zero-order chi connectivity index (χ0) is 15.4. The first-order chi connectivity index (χ1) is 9.77. The molecule has 0 saturated carbocycles. The molecule has 0 saturated heterocycles. The number of aryl methyl sites for hydroxylation is 1. The number of aromatic carboxylic acids is 1. The molecule has 2 aromatic rings. The van der Waals surface area contributed by atoms with Crippen molar-refractivity contribution in [1.29, 1.82) is 0 Å². The van der Waals surface area contributed by atoms with Crippen LogP contribution in [0, 0.1) is 0 Å². The van der Waals surface area contributed by atoms with Crippen molar-refractivity contribution in [3.63, 3.8) is 0 Å². The Morgan fingerprint density at radius 2 is 2.14 bits per heavy atom. The summed E-state index contributed by atoms with van der Waals surface area (Å²) in [4.78, 5) is 11.1. The molecule has 1 aromatic carbocycles. The fourth-order valence-corrected chi connectivity index (χ4v) is 3.19. The van der Waals surface area contributed by atoms with Crippen LogP contribution in [0.25, 0.3) is 11.3 Å². The Morgan fingerprint density at radius 1 is 1.43 bits per heavy atom. The van der Waals surface area contributed by atoms with Crippen molar-refractivity contribution in [3.8, 4) is 17.0 Å². The van der Waals surface area contributed by atoms with E-state index < -0.39 is 5.97 Å². The predicted octanol–water partition coefficient (Wildman–Crippen LogP) is 3.26. The van der Waals surface area contributed by atoms with Gasteiger partial charge in [-0.2, -0.15) is 5.10 Å². The number of aromatic nitrogens is 2. The van der Waals surface area contributed by atoms with Crippen LogP contribution in [0.2, 0.25) is 0 Å². The number of benzene rings is 1. The largest absolute Gasteiger partial charge is 0.487 e. The zero-order valence-electron chi connectivity index (χ0n) is 12.0. The van der Waals surface area contributed by atoms with Gasteiger partial charge in [-0.1, -0.05) is 15.9 Å². The van der Waals surface area contributed by atoms with Crippen molar-refractivity contribution >= 4 is 21.9 Å². The van der Waals surface area contributed by atoms with Gasteiger partial charge in [0, 0.05) is 23.5 Å². The first-order valence-electron chi connectivity index (χ1n) is 6.56. The van der Waals surface area contributed by atoms with Gasteiger partial charge in [-0.15, -0.1) is 0 Å². The maximum Gasteiger partial charge on any atom is 0.356 e. The standard InChI is InChI=1S/C15H15BrN2O3/c1-15(2)7-8-4-9(16)5-10(13(8)21-15)12-6-11(14(19)20)17-18(12)3/h4-6H,7H2,1-3H3,(H,19,20). The lowest BCUT2D eigenvalue weighted by Gasteiger charge is -2.18. The molecule has 0 amide bonds. The molecule has 21 heavy (non-hydrogen) atoms. The lowest BCUT2D eigenvalue weighted by Crippen LogP contribution is -2.24. The zero-order valence-corrected chi connectivity index (χ0v) is 13.6. The van der Waals surface area contributed by atoms with Gasteiger partial charge in [0.05, 0.1) is 5.69 Å². The summed E-state index contributed by atoms with van der Waals surface area (Å²) >= 11 is 3.51. The topological polar surface area (TPSA) is 64.4 Å². The molecule has 0 radical (unpaired) electrons. The van der Waals surface area contributed by atoms with Gasteiger partial charge in [0.2, 0.25) is 0 Å². The molecule has 0 aliphatic carbocycles. The Hall–Kier alpha value is -1.82. The summed E-state index contributed by atoms with van der Waals surface area (Å²) in [6.45, 7) is 4.08. The molecule has 3 rings (SSSR count). The Bertz CT molecular complexity index is 750. The Morgan fingerprint density at radius 3 is 2.76 bits per heavy atom. The summed E-state index contributed by atoms with van der Waals surface area (Å²) in [6.07, 6.45) is 0.818. The molecule has 0 fully saturated rings. The molecule has 1 N–H and O–H groups in total. The summed E-state index contributed by atoms with van der Waals surface area (Å²) in [6, 6.07) is 5.55. The second-order valence-corrected chi connectivity index (χ2v) is 6.74. The van der Waals surface area contributed by atoms with E-state index in [-0.39, 0.29) is 11.3 Å². The summed E-state index contributed by atoms with van der Waals surface area (Å²) < 4.78 is 8.56. The molecule has 1 aromatic heterocycles. The first kappa shape index (κ1) is 14.1. The number of halogens is 1. The Labute approximate surface area is 130 Å². The number of nitrogens with zero attached hydrogens (tertiary/aromatic N) is 2. The van der Waals surface area contributed by atoms with Crippen LogP contribution in [-0.2, 0) is 13.5 Å². The molecule has 0 bridgehead atoms. The normalized spacial score (nSPS) is 15.6. The van der Waals surface area contributed by atoms with Crippen molar-refractivity contribution in [1.82, 2.24) is 9.78 Å². The quantitative estimate of drug-likeness (QED) is 0.902. The van der Waals surface area contributed by atoms with Gasteiger partial charge in [0.15, 0.2) is 5.69 Å².